The van der Waals surface area contributed by atoms with Crippen molar-refractivity contribution in [3.63, 3.8) is 0 Å². The number of carbonyl (C=O) groups excluding carboxylic acids is 1. The summed E-state index contributed by atoms with van der Waals surface area (Å²) in [6, 6.07) is 20.9. The molecule has 188 valence electrons. The SMILES string of the molecule is CCc1ccc(CN2C(=O)NC(c3ccc(OC)cc3)C(c3nc(-c4ccc(F)cc4)no3)=C2C)cc1. The Labute approximate surface area is 214 Å². The molecule has 0 spiro atoms. The predicted molar refractivity (Wildman–Crippen MR) is 138 cm³/mol. The minimum Gasteiger partial charge on any atom is -0.497 e. The molecule has 1 aliphatic heterocycles. The van der Waals surface area contributed by atoms with Crippen LogP contribution >= 0.6 is 0 Å². The fraction of sp³-hybridized carbons (Fsp3) is 0.207. The minimum absolute atomic E-state index is 0.222. The van der Waals surface area contributed by atoms with Crippen LogP contribution < -0.4 is 10.1 Å². The number of hydrogen-bond donors (Lipinski definition) is 1. The molecule has 5 rings (SSSR count). The number of aryl methyl sites for hydroxylation is 1. The van der Waals surface area contributed by atoms with Gasteiger partial charge in [0.05, 0.1) is 25.3 Å². The van der Waals surface area contributed by atoms with Gasteiger partial charge in [0.25, 0.3) is 5.89 Å². The Kier molecular flexibility index (Phi) is 6.72. The number of carbonyl (C=O) groups is 1. The van der Waals surface area contributed by atoms with Crippen molar-refractivity contribution in [1.29, 1.82) is 0 Å². The number of hydrogen-bond acceptors (Lipinski definition) is 5. The number of rotatable bonds is 7. The molecular weight excluding hydrogens is 471 g/mol. The first-order valence-electron chi connectivity index (χ1n) is 12.1. The van der Waals surface area contributed by atoms with Crippen molar-refractivity contribution in [3.8, 4) is 17.1 Å². The highest BCUT2D eigenvalue weighted by atomic mass is 19.1. The van der Waals surface area contributed by atoms with Crippen molar-refractivity contribution in [2.45, 2.75) is 32.9 Å². The topological polar surface area (TPSA) is 80.5 Å². The number of aromatic nitrogens is 2. The molecule has 2 amide bonds. The molecule has 2 heterocycles. The van der Waals surface area contributed by atoms with Crippen LogP contribution in [0.2, 0.25) is 0 Å². The summed E-state index contributed by atoms with van der Waals surface area (Å²) in [5.74, 6) is 0.983. The van der Waals surface area contributed by atoms with Crippen LogP contribution in [0.3, 0.4) is 0 Å². The zero-order valence-electron chi connectivity index (χ0n) is 20.9. The van der Waals surface area contributed by atoms with Crippen LogP contribution in [-0.2, 0) is 13.0 Å². The van der Waals surface area contributed by atoms with Gasteiger partial charge >= 0.3 is 6.03 Å². The summed E-state index contributed by atoms with van der Waals surface area (Å²) < 4.78 is 24.4. The Bertz CT molecular complexity index is 1430. The first-order chi connectivity index (χ1) is 18.0. The van der Waals surface area contributed by atoms with E-state index in [1.807, 2.05) is 43.3 Å². The van der Waals surface area contributed by atoms with E-state index in [1.165, 1.54) is 17.7 Å². The second-order valence-electron chi connectivity index (χ2n) is 8.84. The van der Waals surface area contributed by atoms with E-state index in [2.05, 4.69) is 34.5 Å². The Morgan fingerprint density at radius 1 is 1.00 bits per heavy atom. The first-order valence-corrected chi connectivity index (χ1v) is 12.1. The fourth-order valence-electron chi connectivity index (χ4n) is 4.41. The van der Waals surface area contributed by atoms with E-state index in [-0.39, 0.29) is 17.7 Å². The predicted octanol–water partition coefficient (Wildman–Crippen LogP) is 6.14. The third-order valence-electron chi connectivity index (χ3n) is 6.58. The lowest BCUT2D eigenvalue weighted by atomic mass is 9.94. The maximum Gasteiger partial charge on any atom is 0.322 e. The highest BCUT2D eigenvalue weighted by Gasteiger charge is 2.35. The lowest BCUT2D eigenvalue weighted by Gasteiger charge is -2.35. The number of halogens is 1. The Balaban J connectivity index is 1.56. The zero-order valence-corrected chi connectivity index (χ0v) is 20.9. The molecular formula is C29H27FN4O3. The highest BCUT2D eigenvalue weighted by molar-refractivity contribution is 5.87. The van der Waals surface area contributed by atoms with Crippen molar-refractivity contribution in [2.24, 2.45) is 0 Å². The van der Waals surface area contributed by atoms with Gasteiger partial charge in [-0.3, -0.25) is 4.90 Å². The Morgan fingerprint density at radius 2 is 1.68 bits per heavy atom. The smallest absolute Gasteiger partial charge is 0.322 e. The molecule has 4 aromatic rings. The molecule has 1 aromatic heterocycles. The quantitative estimate of drug-likeness (QED) is 0.331. The summed E-state index contributed by atoms with van der Waals surface area (Å²) in [5.41, 5.74) is 5.11. The number of ether oxygens (including phenoxy) is 1. The van der Waals surface area contributed by atoms with Crippen LogP contribution in [0.15, 0.2) is 83.0 Å². The normalized spacial score (nSPS) is 15.6. The lowest BCUT2D eigenvalue weighted by Crippen LogP contribution is -2.45. The molecule has 8 heteroatoms. The van der Waals surface area contributed by atoms with Gasteiger partial charge in [0, 0.05) is 11.3 Å². The molecule has 1 N–H and O–H groups in total. The van der Waals surface area contributed by atoms with Crippen molar-refractivity contribution in [1.82, 2.24) is 20.4 Å². The van der Waals surface area contributed by atoms with Gasteiger partial charge < -0.3 is 14.6 Å². The van der Waals surface area contributed by atoms with Crippen LogP contribution in [-0.4, -0.2) is 28.2 Å². The summed E-state index contributed by atoms with van der Waals surface area (Å²) in [6.07, 6.45) is 0.949. The van der Waals surface area contributed by atoms with Gasteiger partial charge in [0.1, 0.15) is 11.6 Å². The Morgan fingerprint density at radius 3 is 2.32 bits per heavy atom. The second kappa shape index (κ2) is 10.3. The summed E-state index contributed by atoms with van der Waals surface area (Å²) in [4.78, 5) is 19.6. The van der Waals surface area contributed by atoms with E-state index in [0.29, 0.717) is 35.0 Å². The first kappa shape index (κ1) is 24.2. The molecule has 37 heavy (non-hydrogen) atoms. The average Bonchev–Trinajstić information content (AvgIpc) is 3.41. The zero-order chi connectivity index (χ0) is 25.9. The second-order valence-corrected chi connectivity index (χ2v) is 8.84. The van der Waals surface area contributed by atoms with E-state index >= 15 is 0 Å². The number of amides is 2. The van der Waals surface area contributed by atoms with Crippen LogP contribution in [0, 0.1) is 5.82 Å². The van der Waals surface area contributed by atoms with Gasteiger partial charge in [0.15, 0.2) is 0 Å². The largest absolute Gasteiger partial charge is 0.497 e. The summed E-state index contributed by atoms with van der Waals surface area (Å²) in [7, 11) is 1.60. The summed E-state index contributed by atoms with van der Waals surface area (Å²) in [6.45, 7) is 4.38. The molecule has 1 unspecified atom stereocenters. The number of methoxy groups -OCH3 is 1. The van der Waals surface area contributed by atoms with Crippen LogP contribution in [0.4, 0.5) is 9.18 Å². The van der Waals surface area contributed by atoms with Crippen LogP contribution in [0.1, 0.15) is 42.5 Å². The van der Waals surface area contributed by atoms with E-state index in [9.17, 15) is 9.18 Å². The van der Waals surface area contributed by atoms with Gasteiger partial charge in [-0.15, -0.1) is 0 Å². The lowest BCUT2D eigenvalue weighted by molar-refractivity contribution is 0.203. The number of benzene rings is 3. The fourth-order valence-corrected chi connectivity index (χ4v) is 4.41. The van der Waals surface area contributed by atoms with Crippen molar-refractivity contribution in [3.05, 3.63) is 107 Å². The molecule has 1 aliphatic rings. The minimum atomic E-state index is -0.515. The summed E-state index contributed by atoms with van der Waals surface area (Å²) in [5, 5.41) is 7.24. The maximum absolute atomic E-state index is 13.4. The van der Waals surface area contributed by atoms with E-state index in [0.717, 1.165) is 17.5 Å². The number of nitrogens with zero attached hydrogens (tertiary/aromatic N) is 3. The number of allylic oxidation sites excluding steroid dienone is 1. The van der Waals surface area contributed by atoms with E-state index < -0.39 is 6.04 Å². The van der Waals surface area contributed by atoms with Gasteiger partial charge in [-0.2, -0.15) is 4.98 Å². The highest BCUT2D eigenvalue weighted by Crippen LogP contribution is 2.38. The monoisotopic (exact) mass is 498 g/mol. The van der Waals surface area contributed by atoms with Crippen molar-refractivity contribution in [2.75, 3.05) is 7.11 Å². The van der Waals surface area contributed by atoms with Gasteiger partial charge in [-0.1, -0.05) is 48.5 Å². The van der Waals surface area contributed by atoms with Crippen molar-refractivity contribution >= 4 is 11.6 Å². The molecule has 0 radical (unpaired) electrons. The molecule has 7 nitrogen and oxygen atoms in total. The van der Waals surface area contributed by atoms with Gasteiger partial charge in [0.2, 0.25) is 5.82 Å². The standard InChI is InChI=1S/C29H27FN4O3/c1-4-19-5-7-20(8-6-19)17-34-18(2)25(26(31-29(34)35)21-11-15-24(36-3)16-12-21)28-32-27(33-37-28)22-9-13-23(30)14-10-22/h5-16,26H,4,17H2,1-3H3,(H,31,35). The molecule has 1 atom stereocenters. The van der Waals surface area contributed by atoms with Crippen molar-refractivity contribution < 1.29 is 18.4 Å². The molecule has 0 fully saturated rings. The molecule has 0 bridgehead atoms. The molecule has 3 aromatic carbocycles. The Hall–Kier alpha value is -4.46. The third-order valence-corrected chi connectivity index (χ3v) is 6.58. The van der Waals surface area contributed by atoms with Crippen LogP contribution in [0.5, 0.6) is 5.75 Å². The van der Waals surface area contributed by atoms with E-state index in [1.54, 1.807) is 24.1 Å². The molecule has 0 aliphatic carbocycles. The molecule has 0 saturated carbocycles. The average molecular weight is 499 g/mol. The molecule has 0 saturated heterocycles. The van der Waals surface area contributed by atoms with Gasteiger partial charge in [-0.25, -0.2) is 9.18 Å². The van der Waals surface area contributed by atoms with Gasteiger partial charge in [-0.05, 0) is 66.4 Å². The van der Waals surface area contributed by atoms with Crippen LogP contribution in [0.25, 0.3) is 17.0 Å². The maximum atomic E-state index is 13.4. The summed E-state index contributed by atoms with van der Waals surface area (Å²) >= 11 is 0. The number of urea groups is 1. The third kappa shape index (κ3) is 4.95. The van der Waals surface area contributed by atoms with E-state index in [4.69, 9.17) is 9.26 Å². The number of nitrogens with one attached hydrogen (secondary N) is 1.